The zero-order valence-corrected chi connectivity index (χ0v) is 15.4. The molecule has 0 aliphatic heterocycles. The minimum atomic E-state index is 0.624. The van der Waals surface area contributed by atoms with Gasteiger partial charge in [-0.15, -0.1) is 28.1 Å². The maximum absolute atomic E-state index is 5.43. The number of thiophene rings is 1. The number of aromatic nitrogens is 5. The third-order valence-corrected chi connectivity index (χ3v) is 5.51. The minimum absolute atomic E-state index is 0.624. The van der Waals surface area contributed by atoms with Gasteiger partial charge in [0.1, 0.15) is 0 Å². The van der Waals surface area contributed by atoms with Crippen molar-refractivity contribution in [2.45, 2.75) is 17.5 Å². The van der Waals surface area contributed by atoms with E-state index < -0.39 is 0 Å². The zero-order chi connectivity index (χ0) is 17.8. The van der Waals surface area contributed by atoms with E-state index in [9.17, 15) is 0 Å². The highest BCUT2D eigenvalue weighted by Gasteiger charge is 2.15. The molecule has 130 valence electrons. The monoisotopic (exact) mass is 381 g/mol. The summed E-state index contributed by atoms with van der Waals surface area (Å²) in [6.45, 7) is 4.46. The molecule has 0 aliphatic rings. The van der Waals surface area contributed by atoms with Crippen molar-refractivity contribution in [3.05, 3.63) is 66.5 Å². The first kappa shape index (κ1) is 16.7. The fraction of sp³-hybridized carbons (Fsp3) is 0.111. The second-order valence-corrected chi connectivity index (χ2v) is 7.29. The van der Waals surface area contributed by atoms with E-state index in [1.807, 2.05) is 46.4 Å². The van der Waals surface area contributed by atoms with Crippen molar-refractivity contribution in [3.63, 3.8) is 0 Å². The summed E-state index contributed by atoms with van der Waals surface area (Å²) in [7, 11) is 0. The quantitative estimate of drug-likeness (QED) is 0.346. The van der Waals surface area contributed by atoms with Crippen LogP contribution in [-0.4, -0.2) is 24.9 Å². The van der Waals surface area contributed by atoms with Gasteiger partial charge >= 0.3 is 0 Å². The summed E-state index contributed by atoms with van der Waals surface area (Å²) in [5.74, 6) is 2.22. The first-order valence-electron chi connectivity index (χ1n) is 7.92. The van der Waals surface area contributed by atoms with E-state index in [-0.39, 0.29) is 0 Å². The van der Waals surface area contributed by atoms with Crippen molar-refractivity contribution in [2.24, 2.45) is 0 Å². The second-order valence-electron chi connectivity index (χ2n) is 5.40. The lowest BCUT2D eigenvalue weighted by Gasteiger charge is -2.06. The average Bonchev–Trinajstić information content (AvgIpc) is 3.42. The fourth-order valence-electron chi connectivity index (χ4n) is 2.45. The maximum Gasteiger partial charge on any atom is 0.192 e. The molecule has 26 heavy (non-hydrogen) atoms. The highest BCUT2D eigenvalue weighted by Crippen LogP contribution is 2.29. The van der Waals surface area contributed by atoms with E-state index in [0.717, 1.165) is 32.9 Å². The molecule has 0 saturated carbocycles. The van der Waals surface area contributed by atoms with E-state index in [2.05, 4.69) is 26.9 Å². The van der Waals surface area contributed by atoms with Crippen molar-refractivity contribution in [3.8, 4) is 22.0 Å². The molecular weight excluding hydrogens is 366 g/mol. The molecule has 0 aromatic carbocycles. The number of hydrogen-bond donors (Lipinski definition) is 0. The molecule has 0 spiro atoms. The third-order valence-electron chi connectivity index (χ3n) is 3.62. The van der Waals surface area contributed by atoms with Crippen molar-refractivity contribution in [1.29, 1.82) is 0 Å². The second kappa shape index (κ2) is 7.67. The summed E-state index contributed by atoms with van der Waals surface area (Å²) in [5.41, 5.74) is 1.80. The Morgan fingerprint density at radius 2 is 2.23 bits per heavy atom. The van der Waals surface area contributed by atoms with E-state index in [1.165, 1.54) is 0 Å². The van der Waals surface area contributed by atoms with Crippen LogP contribution in [0.3, 0.4) is 0 Å². The normalized spacial score (nSPS) is 10.9. The third kappa shape index (κ3) is 3.47. The average molecular weight is 381 g/mol. The number of nitrogens with zero attached hydrogens (tertiary/aromatic N) is 5. The molecule has 4 heterocycles. The van der Waals surface area contributed by atoms with Crippen molar-refractivity contribution in [2.75, 3.05) is 0 Å². The standard InChI is InChI=1S/C18H15N5OS2/c1-2-8-23-17(13-5-3-7-19-11-13)20-21-18(23)26-12-14-10-15(24-22-14)16-6-4-9-25-16/h2-7,9-11H,1,8,12H2. The van der Waals surface area contributed by atoms with Gasteiger partial charge in [0.15, 0.2) is 16.7 Å². The first-order chi connectivity index (χ1) is 12.8. The molecule has 4 aromatic heterocycles. The lowest BCUT2D eigenvalue weighted by molar-refractivity contribution is 0.427. The van der Waals surface area contributed by atoms with Crippen LogP contribution in [0.25, 0.3) is 22.0 Å². The van der Waals surface area contributed by atoms with E-state index in [4.69, 9.17) is 4.52 Å². The van der Waals surface area contributed by atoms with Gasteiger partial charge in [-0.2, -0.15) is 0 Å². The molecule has 0 atom stereocenters. The van der Waals surface area contributed by atoms with Crippen LogP contribution in [-0.2, 0) is 12.3 Å². The topological polar surface area (TPSA) is 69.6 Å². The van der Waals surface area contributed by atoms with Gasteiger partial charge in [-0.25, -0.2) is 0 Å². The largest absolute Gasteiger partial charge is 0.355 e. The molecule has 0 unspecified atom stereocenters. The Morgan fingerprint density at radius 3 is 3.00 bits per heavy atom. The number of pyridine rings is 1. The molecule has 0 fully saturated rings. The van der Waals surface area contributed by atoms with Crippen LogP contribution in [0.2, 0.25) is 0 Å². The Hall–Kier alpha value is -2.71. The van der Waals surface area contributed by atoms with Crippen LogP contribution >= 0.6 is 23.1 Å². The van der Waals surface area contributed by atoms with Crippen LogP contribution in [0.1, 0.15) is 5.69 Å². The van der Waals surface area contributed by atoms with Gasteiger partial charge in [0.2, 0.25) is 0 Å². The summed E-state index contributed by atoms with van der Waals surface area (Å²) in [4.78, 5) is 5.23. The Kier molecular flexibility index (Phi) is 4.94. The van der Waals surface area contributed by atoms with Crippen LogP contribution in [0.4, 0.5) is 0 Å². The Labute approximate surface area is 158 Å². The fourth-order valence-corrected chi connectivity index (χ4v) is 3.95. The number of rotatable bonds is 7. The van der Waals surface area contributed by atoms with Crippen molar-refractivity contribution >= 4 is 23.1 Å². The molecule has 8 heteroatoms. The summed E-state index contributed by atoms with van der Waals surface area (Å²) >= 11 is 3.20. The number of thioether (sulfide) groups is 1. The molecule has 0 saturated heterocycles. The minimum Gasteiger partial charge on any atom is -0.355 e. The molecule has 4 aromatic rings. The van der Waals surface area contributed by atoms with Gasteiger partial charge in [0.05, 0.1) is 10.6 Å². The summed E-state index contributed by atoms with van der Waals surface area (Å²) in [6, 6.07) is 9.83. The van der Waals surface area contributed by atoms with Crippen LogP contribution < -0.4 is 0 Å². The molecule has 6 nitrogen and oxygen atoms in total. The van der Waals surface area contributed by atoms with Crippen molar-refractivity contribution in [1.82, 2.24) is 24.9 Å². The van der Waals surface area contributed by atoms with Gasteiger partial charge in [-0.3, -0.25) is 9.55 Å². The molecule has 0 bridgehead atoms. The molecule has 0 radical (unpaired) electrons. The molecule has 4 rings (SSSR count). The van der Waals surface area contributed by atoms with Gasteiger partial charge in [-0.05, 0) is 23.6 Å². The highest BCUT2D eigenvalue weighted by atomic mass is 32.2. The van der Waals surface area contributed by atoms with Crippen LogP contribution in [0, 0.1) is 0 Å². The Bertz CT molecular complexity index is 992. The molecule has 0 N–H and O–H groups in total. The smallest absolute Gasteiger partial charge is 0.192 e. The SMILES string of the molecule is C=CCn1c(SCc2cc(-c3cccs3)on2)nnc1-c1cccnc1. The summed E-state index contributed by atoms with van der Waals surface area (Å²) in [6.07, 6.45) is 5.35. The predicted molar refractivity (Wildman–Crippen MR) is 103 cm³/mol. The zero-order valence-electron chi connectivity index (χ0n) is 13.8. The summed E-state index contributed by atoms with van der Waals surface area (Å²) < 4.78 is 7.45. The van der Waals surface area contributed by atoms with Gasteiger partial charge in [0, 0.05) is 36.3 Å². The van der Waals surface area contributed by atoms with Gasteiger partial charge < -0.3 is 4.52 Å². The lowest BCUT2D eigenvalue weighted by atomic mass is 10.3. The van der Waals surface area contributed by atoms with E-state index in [0.29, 0.717) is 12.3 Å². The Morgan fingerprint density at radius 1 is 1.27 bits per heavy atom. The number of hydrogen-bond acceptors (Lipinski definition) is 7. The first-order valence-corrected chi connectivity index (χ1v) is 9.78. The van der Waals surface area contributed by atoms with E-state index >= 15 is 0 Å². The van der Waals surface area contributed by atoms with Gasteiger partial charge in [-0.1, -0.05) is 29.1 Å². The summed E-state index contributed by atoms with van der Waals surface area (Å²) in [5, 5.41) is 15.6. The van der Waals surface area contributed by atoms with Crippen LogP contribution in [0.5, 0.6) is 0 Å². The van der Waals surface area contributed by atoms with E-state index in [1.54, 1.807) is 35.5 Å². The molecule has 0 aliphatic carbocycles. The molecular formula is C18H15N5OS2. The van der Waals surface area contributed by atoms with Crippen LogP contribution in [0.15, 0.2) is 70.4 Å². The van der Waals surface area contributed by atoms with Gasteiger partial charge in [0.25, 0.3) is 0 Å². The van der Waals surface area contributed by atoms with Crippen molar-refractivity contribution < 1.29 is 4.52 Å². The predicted octanol–water partition coefficient (Wildman–Crippen LogP) is 4.53. The lowest BCUT2D eigenvalue weighted by Crippen LogP contribution is -2.00. The number of allylic oxidation sites excluding steroid dienone is 1. The Balaban J connectivity index is 1.53. The maximum atomic E-state index is 5.43. The molecule has 0 amide bonds. The highest BCUT2D eigenvalue weighted by molar-refractivity contribution is 7.98.